The predicted octanol–water partition coefficient (Wildman–Crippen LogP) is -0.302. The van der Waals surface area contributed by atoms with Gasteiger partial charge in [-0.2, -0.15) is 13.2 Å². The number of hydrogen-bond acceptors (Lipinski definition) is 6. The van der Waals surface area contributed by atoms with E-state index >= 15 is 0 Å². The van der Waals surface area contributed by atoms with Gasteiger partial charge in [-0.1, -0.05) is 0 Å². The van der Waals surface area contributed by atoms with E-state index in [-0.39, 0.29) is 0 Å². The maximum atomic E-state index is 11.8. The van der Waals surface area contributed by atoms with Gasteiger partial charge in [0.25, 0.3) is 0 Å². The van der Waals surface area contributed by atoms with Crippen LogP contribution in [-0.2, 0) is 29.1 Å². The van der Waals surface area contributed by atoms with Crippen molar-refractivity contribution in [3.63, 3.8) is 0 Å². The van der Waals surface area contributed by atoms with Crippen molar-refractivity contribution in [2.24, 2.45) is 0 Å². The van der Waals surface area contributed by atoms with Gasteiger partial charge in [-0.15, -0.1) is 0 Å². The third-order valence-electron chi connectivity index (χ3n) is 1.50. The Balaban J connectivity index is 4.04. The summed E-state index contributed by atoms with van der Waals surface area (Å²) >= 11 is 0. The lowest BCUT2D eigenvalue weighted by atomic mass is 10.5. The topological polar surface area (TPSA) is 98.8 Å². The number of esters is 2. The zero-order valence-electron chi connectivity index (χ0n) is 9.56. The lowest BCUT2D eigenvalue weighted by molar-refractivity contribution is -0.139. The summed E-state index contributed by atoms with van der Waals surface area (Å²) in [5, 5.41) is 0. The molecular weight excluding hydrogens is 295 g/mol. The summed E-state index contributed by atoms with van der Waals surface area (Å²) in [5.41, 5.74) is -5.43. The molecule has 110 valence electrons. The lowest BCUT2D eigenvalue weighted by Gasteiger charge is -2.08. The van der Waals surface area contributed by atoms with Crippen LogP contribution in [0.2, 0.25) is 0 Å². The predicted molar refractivity (Wildman–Crippen MR) is 55.1 cm³/mol. The summed E-state index contributed by atoms with van der Waals surface area (Å²) in [6.45, 7) is -1.38. The highest BCUT2D eigenvalue weighted by atomic mass is 32.2. The van der Waals surface area contributed by atoms with E-state index in [1.807, 2.05) is 0 Å². The van der Waals surface area contributed by atoms with Crippen LogP contribution in [0.15, 0.2) is 12.2 Å². The molecule has 11 heteroatoms. The van der Waals surface area contributed by atoms with Crippen LogP contribution >= 0.6 is 0 Å². The molecular formula is C8H10F3NO6S. The van der Waals surface area contributed by atoms with Crippen LogP contribution in [0.4, 0.5) is 13.2 Å². The number of carbonyl (C=O) groups excluding carboxylic acids is 2. The first-order valence-corrected chi connectivity index (χ1v) is 6.07. The fourth-order valence-corrected chi connectivity index (χ4v) is 1.18. The van der Waals surface area contributed by atoms with E-state index in [1.54, 1.807) is 0 Å². The average Bonchev–Trinajstić information content (AvgIpc) is 2.30. The van der Waals surface area contributed by atoms with Crippen LogP contribution in [0.25, 0.3) is 0 Å². The third-order valence-corrected chi connectivity index (χ3v) is 2.69. The van der Waals surface area contributed by atoms with Crippen LogP contribution < -0.4 is 4.72 Å². The monoisotopic (exact) mass is 305 g/mol. The first kappa shape index (κ1) is 17.4. The Morgan fingerprint density at radius 3 is 2.21 bits per heavy atom. The Kier molecular flexibility index (Phi) is 6.48. The number of halogens is 3. The number of rotatable bonds is 6. The summed E-state index contributed by atoms with van der Waals surface area (Å²) in [6.07, 6.45) is 1.42. The van der Waals surface area contributed by atoms with Crippen LogP contribution in [-0.4, -0.2) is 46.1 Å². The molecule has 0 bridgehead atoms. The number of methoxy groups -OCH3 is 1. The van der Waals surface area contributed by atoms with Gasteiger partial charge in [0, 0.05) is 18.7 Å². The first-order chi connectivity index (χ1) is 8.60. The van der Waals surface area contributed by atoms with E-state index in [0.717, 1.165) is 13.2 Å². The van der Waals surface area contributed by atoms with Crippen molar-refractivity contribution >= 4 is 22.0 Å². The van der Waals surface area contributed by atoms with E-state index in [0.29, 0.717) is 6.08 Å². The van der Waals surface area contributed by atoms with E-state index < -0.39 is 40.6 Å². The maximum absolute atomic E-state index is 11.8. The van der Waals surface area contributed by atoms with Crippen LogP contribution in [0.5, 0.6) is 0 Å². The van der Waals surface area contributed by atoms with Gasteiger partial charge in [0.1, 0.15) is 6.61 Å². The van der Waals surface area contributed by atoms with Crippen molar-refractivity contribution in [2.75, 3.05) is 20.3 Å². The number of alkyl halides is 3. The first-order valence-electron chi connectivity index (χ1n) is 4.59. The Bertz CT molecular complexity index is 456. The number of sulfonamides is 1. The Morgan fingerprint density at radius 1 is 1.21 bits per heavy atom. The Labute approximate surface area is 106 Å². The number of ether oxygens (including phenoxy) is 2. The molecule has 0 aromatic rings. The molecule has 0 aliphatic rings. The maximum Gasteiger partial charge on any atom is 0.511 e. The normalized spacial score (nSPS) is 12.4. The van der Waals surface area contributed by atoms with Gasteiger partial charge in [-0.25, -0.2) is 22.7 Å². The molecule has 0 fully saturated rings. The second-order valence-corrected chi connectivity index (χ2v) is 4.63. The molecule has 0 heterocycles. The molecule has 0 aliphatic heterocycles. The molecule has 0 unspecified atom stereocenters. The Morgan fingerprint density at radius 2 is 1.74 bits per heavy atom. The standard InChI is InChI=1S/C8H10F3NO6S/c1-17-6(13)2-3-7(14)18-5-4-12-19(15,16)8(9,10)11/h2-3,12H,4-5H2,1H3/b3-2+. The second kappa shape index (κ2) is 7.09. The van der Waals surface area contributed by atoms with Gasteiger partial charge < -0.3 is 9.47 Å². The van der Waals surface area contributed by atoms with Crippen LogP contribution in [0.1, 0.15) is 0 Å². The minimum absolute atomic E-state index is 0.625. The quantitative estimate of drug-likeness (QED) is 0.411. The number of nitrogens with one attached hydrogen (secondary N) is 1. The summed E-state index contributed by atoms with van der Waals surface area (Å²) in [5.74, 6) is -1.86. The molecule has 0 rings (SSSR count). The molecule has 0 amide bonds. The molecule has 0 aliphatic carbocycles. The minimum Gasteiger partial charge on any atom is -0.466 e. The van der Waals surface area contributed by atoms with Crippen LogP contribution in [0.3, 0.4) is 0 Å². The van der Waals surface area contributed by atoms with E-state index in [9.17, 15) is 31.2 Å². The summed E-state index contributed by atoms with van der Waals surface area (Å²) < 4.78 is 66.2. The van der Waals surface area contributed by atoms with E-state index in [2.05, 4.69) is 9.47 Å². The van der Waals surface area contributed by atoms with Gasteiger partial charge in [-0.3, -0.25) is 0 Å². The van der Waals surface area contributed by atoms with Crippen molar-refractivity contribution in [1.82, 2.24) is 4.72 Å². The minimum atomic E-state index is -5.46. The van der Waals surface area contributed by atoms with Crippen LogP contribution in [0, 0.1) is 0 Å². The SMILES string of the molecule is COC(=O)/C=C/C(=O)OCCNS(=O)(=O)C(F)(F)F. The fourth-order valence-electron chi connectivity index (χ4n) is 0.662. The molecule has 0 aromatic carbocycles. The van der Waals surface area contributed by atoms with Crippen molar-refractivity contribution in [1.29, 1.82) is 0 Å². The average molecular weight is 305 g/mol. The molecule has 0 saturated heterocycles. The highest BCUT2D eigenvalue weighted by Crippen LogP contribution is 2.21. The molecule has 19 heavy (non-hydrogen) atoms. The van der Waals surface area contributed by atoms with Crippen molar-refractivity contribution in [3.05, 3.63) is 12.2 Å². The zero-order chi connectivity index (χ0) is 15.1. The molecule has 0 saturated carbocycles. The third kappa shape index (κ3) is 6.76. The molecule has 0 atom stereocenters. The number of hydrogen-bond donors (Lipinski definition) is 1. The molecule has 0 spiro atoms. The molecule has 0 radical (unpaired) electrons. The largest absolute Gasteiger partial charge is 0.511 e. The summed E-state index contributed by atoms with van der Waals surface area (Å²) in [4.78, 5) is 21.4. The molecule has 1 N–H and O–H groups in total. The number of carbonyl (C=O) groups is 2. The second-order valence-electron chi connectivity index (χ2n) is 2.87. The summed E-state index contributed by atoms with van der Waals surface area (Å²) in [7, 11) is -4.39. The van der Waals surface area contributed by atoms with E-state index in [1.165, 1.54) is 4.72 Å². The van der Waals surface area contributed by atoms with Gasteiger partial charge in [0.15, 0.2) is 0 Å². The van der Waals surface area contributed by atoms with Gasteiger partial charge in [-0.05, 0) is 0 Å². The fraction of sp³-hybridized carbons (Fsp3) is 0.500. The zero-order valence-corrected chi connectivity index (χ0v) is 10.4. The smallest absolute Gasteiger partial charge is 0.466 e. The van der Waals surface area contributed by atoms with Gasteiger partial charge in [0.2, 0.25) is 0 Å². The summed E-state index contributed by atoms with van der Waals surface area (Å²) in [6, 6.07) is 0. The molecule has 0 aromatic heterocycles. The molecule has 7 nitrogen and oxygen atoms in total. The van der Waals surface area contributed by atoms with Crippen molar-refractivity contribution < 1.29 is 40.7 Å². The van der Waals surface area contributed by atoms with Gasteiger partial charge in [0.05, 0.1) is 7.11 Å². The van der Waals surface area contributed by atoms with Crippen molar-refractivity contribution in [3.8, 4) is 0 Å². The van der Waals surface area contributed by atoms with E-state index in [4.69, 9.17) is 0 Å². The van der Waals surface area contributed by atoms with Crippen molar-refractivity contribution in [2.45, 2.75) is 5.51 Å². The lowest BCUT2D eigenvalue weighted by Crippen LogP contribution is -2.38. The highest BCUT2D eigenvalue weighted by molar-refractivity contribution is 7.90. The van der Waals surface area contributed by atoms with Gasteiger partial charge >= 0.3 is 27.5 Å². The Hall–Kier alpha value is -1.62. The highest BCUT2D eigenvalue weighted by Gasteiger charge is 2.45.